The van der Waals surface area contributed by atoms with E-state index in [1.54, 1.807) is 14.7 Å². The first-order valence-electron chi connectivity index (χ1n) is 27.1. The third kappa shape index (κ3) is 38.5. The summed E-state index contributed by atoms with van der Waals surface area (Å²) in [5.74, 6) is -4.01. The Morgan fingerprint density at radius 2 is 0.603 bits per heavy atom. The number of nitrogens with zero attached hydrogens (tertiary/aromatic N) is 5. The molecule has 1 heterocycles. The molecule has 68 heavy (non-hydrogen) atoms. The summed E-state index contributed by atoms with van der Waals surface area (Å²) in [4.78, 5) is 83.1. The molecular formula is C52H97N5O11. The molecule has 16 heteroatoms. The first-order valence-corrected chi connectivity index (χ1v) is 27.1. The number of hydrogen-bond donors (Lipinski definition) is 3. The molecule has 0 bridgehead atoms. The Hall–Kier alpha value is -3.34. The van der Waals surface area contributed by atoms with Gasteiger partial charge in [-0.2, -0.15) is 0 Å². The number of carboxylic acids is 3. The highest BCUT2D eigenvalue weighted by Gasteiger charge is 2.23. The smallest absolute Gasteiger partial charge is 0.317 e. The van der Waals surface area contributed by atoms with Crippen molar-refractivity contribution in [1.82, 2.24) is 24.5 Å². The van der Waals surface area contributed by atoms with Gasteiger partial charge in [-0.05, 0) is 12.8 Å². The maximum Gasteiger partial charge on any atom is 0.317 e. The molecule has 1 saturated heterocycles. The van der Waals surface area contributed by atoms with Crippen LogP contribution in [0.15, 0.2) is 0 Å². The summed E-state index contributed by atoms with van der Waals surface area (Å²) >= 11 is 0. The van der Waals surface area contributed by atoms with E-state index in [1.165, 1.54) is 133 Å². The van der Waals surface area contributed by atoms with Crippen molar-refractivity contribution in [2.45, 2.75) is 194 Å². The minimum absolute atomic E-state index is 0.0124. The number of carbonyl (C=O) groups is 6. The van der Waals surface area contributed by atoms with Crippen LogP contribution in [-0.4, -0.2) is 180 Å². The van der Waals surface area contributed by atoms with Crippen LogP contribution < -0.4 is 0 Å². The van der Waals surface area contributed by atoms with Gasteiger partial charge in [0.25, 0.3) is 0 Å². The number of rotatable bonds is 42. The van der Waals surface area contributed by atoms with E-state index in [9.17, 15) is 44.1 Å². The molecule has 16 nitrogen and oxygen atoms in total. The van der Waals surface area contributed by atoms with Crippen molar-refractivity contribution in [2.75, 3.05) is 105 Å². The lowest BCUT2D eigenvalue weighted by Gasteiger charge is -2.33. The van der Waals surface area contributed by atoms with Crippen molar-refractivity contribution < 1.29 is 53.6 Å². The Balaban J connectivity index is 2.78. The second kappa shape index (κ2) is 43.7. The normalized spacial score (nSPS) is 14.8. The summed E-state index contributed by atoms with van der Waals surface area (Å²) in [6, 6.07) is 0. The number of carboxylic acid groups (broad SMARTS) is 3. The van der Waals surface area contributed by atoms with Gasteiger partial charge < -0.3 is 29.7 Å². The van der Waals surface area contributed by atoms with E-state index in [-0.39, 0.29) is 123 Å². The molecule has 1 aliphatic heterocycles. The highest BCUT2D eigenvalue weighted by molar-refractivity contribution is 5.78. The molecule has 0 radical (unpaired) electrons. The van der Waals surface area contributed by atoms with Crippen LogP contribution in [0, 0.1) is 0 Å². The number of unbranched alkanes of at least 4 members (excludes halogenated alkanes) is 24. The van der Waals surface area contributed by atoms with Crippen molar-refractivity contribution in [3.05, 3.63) is 0 Å². The number of ether oxygens (including phenoxy) is 2. The third-order valence-electron chi connectivity index (χ3n) is 12.9. The third-order valence-corrected chi connectivity index (χ3v) is 12.9. The highest BCUT2D eigenvalue weighted by atomic mass is 16.5. The number of aliphatic carboxylic acids is 3. The van der Waals surface area contributed by atoms with Crippen LogP contribution >= 0.6 is 0 Å². The van der Waals surface area contributed by atoms with E-state index in [0.717, 1.165) is 38.5 Å². The van der Waals surface area contributed by atoms with Crippen LogP contribution in [0.2, 0.25) is 0 Å². The maximum atomic E-state index is 14.0. The Labute approximate surface area is 411 Å². The average molecular weight is 968 g/mol. The van der Waals surface area contributed by atoms with E-state index in [1.807, 2.05) is 4.90 Å². The molecule has 0 aromatic carbocycles. The van der Waals surface area contributed by atoms with Crippen molar-refractivity contribution in [3.63, 3.8) is 0 Å². The Bertz CT molecular complexity index is 1240. The second-order valence-electron chi connectivity index (χ2n) is 19.1. The van der Waals surface area contributed by atoms with Crippen LogP contribution in [0.1, 0.15) is 194 Å². The summed E-state index contributed by atoms with van der Waals surface area (Å²) in [7, 11) is 0. The van der Waals surface area contributed by atoms with Gasteiger partial charge in [-0.1, -0.05) is 168 Å². The second-order valence-corrected chi connectivity index (χ2v) is 19.1. The van der Waals surface area contributed by atoms with Gasteiger partial charge in [-0.15, -0.1) is 0 Å². The molecule has 0 aromatic heterocycles. The van der Waals surface area contributed by atoms with Crippen LogP contribution in [-0.2, 0) is 38.2 Å². The lowest BCUT2D eigenvalue weighted by atomic mass is 10.0. The predicted octanol–water partition coefficient (Wildman–Crippen LogP) is 8.34. The van der Waals surface area contributed by atoms with E-state index in [4.69, 9.17) is 9.47 Å². The average Bonchev–Trinajstić information content (AvgIpc) is 3.29. The molecule has 1 aliphatic rings. The first-order chi connectivity index (χ1) is 32.9. The molecule has 1 rings (SSSR count). The largest absolute Gasteiger partial charge is 0.480 e. The molecular weight excluding hydrogens is 871 g/mol. The van der Waals surface area contributed by atoms with E-state index in [0.29, 0.717) is 12.8 Å². The fourth-order valence-corrected chi connectivity index (χ4v) is 8.70. The number of hydrogen-bond acceptors (Lipinski definition) is 12. The summed E-state index contributed by atoms with van der Waals surface area (Å²) in [6.45, 7) is 5.96. The molecule has 396 valence electrons. The summed E-state index contributed by atoms with van der Waals surface area (Å²) in [5.41, 5.74) is 0. The molecule has 0 saturated carbocycles. The van der Waals surface area contributed by atoms with Crippen molar-refractivity contribution in [1.29, 1.82) is 0 Å². The van der Waals surface area contributed by atoms with Gasteiger partial charge in [0, 0.05) is 65.2 Å². The molecule has 0 aliphatic carbocycles. The van der Waals surface area contributed by atoms with Gasteiger partial charge in [0.15, 0.2) is 0 Å². The number of carbonyl (C=O) groups excluding carboxylic acids is 3. The zero-order valence-corrected chi connectivity index (χ0v) is 43.0. The van der Waals surface area contributed by atoms with E-state index >= 15 is 0 Å². The highest BCUT2D eigenvalue weighted by Crippen LogP contribution is 2.15. The number of amides is 1. The van der Waals surface area contributed by atoms with Crippen LogP contribution in [0.5, 0.6) is 0 Å². The zero-order valence-electron chi connectivity index (χ0n) is 43.0. The van der Waals surface area contributed by atoms with Gasteiger partial charge in [-0.3, -0.25) is 48.4 Å². The lowest BCUT2D eigenvalue weighted by molar-refractivity contribution is -0.148. The molecule has 0 unspecified atom stereocenters. The van der Waals surface area contributed by atoms with Gasteiger partial charge >= 0.3 is 29.8 Å². The molecule has 0 aromatic rings. The fourth-order valence-electron chi connectivity index (χ4n) is 8.70. The molecule has 1 amide bonds. The standard InChI is InChI=1S/C52H97N5O11/c1-3-5-7-9-11-13-15-17-19-21-23-25-27-29-51(65)67-41-39-57(40-42-68-52(66)30-28-26-24-22-20-18-16-14-12-10-8-6-4-2)47(58)43-53-31-33-54(44-48(59)60)35-37-56(46-50(63)64)38-36-55(34-32-53)45-49(61)62/h3-46H2,1-2H3,(H,59,60)(H,61,62)(H,63,64). The fraction of sp³-hybridized carbons (Fsp3) is 0.885. The minimum atomic E-state index is -1.03. The van der Waals surface area contributed by atoms with Crippen LogP contribution in [0.3, 0.4) is 0 Å². The Morgan fingerprint density at radius 3 is 0.853 bits per heavy atom. The molecule has 0 spiro atoms. The topological polar surface area (TPSA) is 198 Å². The first kappa shape index (κ1) is 62.7. The molecule has 1 fully saturated rings. The van der Waals surface area contributed by atoms with Gasteiger partial charge in [0.05, 0.1) is 39.3 Å². The SMILES string of the molecule is CCCCCCCCCCCCCCCC(=O)OCCN(CCOC(=O)CCCCCCCCCCCCCCC)C(=O)CN1CCN(CC(=O)O)CCN(CC(=O)O)CCN(CC(=O)O)CC1. The quantitative estimate of drug-likeness (QED) is 0.0390. The van der Waals surface area contributed by atoms with Crippen molar-refractivity contribution in [2.24, 2.45) is 0 Å². The maximum absolute atomic E-state index is 14.0. The lowest BCUT2D eigenvalue weighted by Crippen LogP contribution is -2.50. The van der Waals surface area contributed by atoms with Crippen molar-refractivity contribution in [3.8, 4) is 0 Å². The predicted molar refractivity (Wildman–Crippen MR) is 268 cm³/mol. The van der Waals surface area contributed by atoms with Gasteiger partial charge in [0.1, 0.15) is 13.2 Å². The van der Waals surface area contributed by atoms with Crippen LogP contribution in [0.4, 0.5) is 0 Å². The molecule has 0 atom stereocenters. The van der Waals surface area contributed by atoms with Gasteiger partial charge in [-0.25, -0.2) is 0 Å². The summed E-state index contributed by atoms with van der Waals surface area (Å²) in [5, 5.41) is 28.7. The van der Waals surface area contributed by atoms with Crippen molar-refractivity contribution >= 4 is 35.8 Å². The van der Waals surface area contributed by atoms with E-state index < -0.39 is 17.9 Å². The van der Waals surface area contributed by atoms with Crippen LogP contribution in [0.25, 0.3) is 0 Å². The summed E-state index contributed by atoms with van der Waals surface area (Å²) in [6.07, 6.45) is 32.1. The Kier molecular flexibility index (Phi) is 40.2. The zero-order chi connectivity index (χ0) is 49.9. The molecule has 3 N–H and O–H groups in total. The Morgan fingerprint density at radius 1 is 0.368 bits per heavy atom. The number of esters is 2. The monoisotopic (exact) mass is 968 g/mol. The van der Waals surface area contributed by atoms with E-state index in [2.05, 4.69) is 13.8 Å². The van der Waals surface area contributed by atoms with Gasteiger partial charge in [0.2, 0.25) is 5.91 Å². The summed E-state index contributed by atoms with van der Waals surface area (Å²) < 4.78 is 11.2. The minimum Gasteiger partial charge on any atom is -0.480 e.